The van der Waals surface area contributed by atoms with Crippen LogP contribution in [0.3, 0.4) is 0 Å². The Labute approximate surface area is 250 Å². The van der Waals surface area contributed by atoms with Crippen LogP contribution in [0.15, 0.2) is 54.5 Å². The van der Waals surface area contributed by atoms with Gasteiger partial charge in [0.1, 0.15) is 5.75 Å². The van der Waals surface area contributed by atoms with Gasteiger partial charge in [0.25, 0.3) is 11.8 Å². The molecular formula is C30H37F3N4O5S. The number of piperidine rings is 1. The molecule has 2 saturated heterocycles. The molecule has 2 fully saturated rings. The van der Waals surface area contributed by atoms with Crippen molar-refractivity contribution in [1.29, 1.82) is 0 Å². The molecule has 0 aromatic heterocycles. The molecule has 2 aliphatic rings. The molecule has 2 aromatic rings. The third-order valence-electron chi connectivity index (χ3n) is 7.77. The number of rotatable bonds is 11. The number of carbonyl (C=O) groups is 2. The van der Waals surface area contributed by atoms with Crippen LogP contribution >= 0.6 is 0 Å². The lowest BCUT2D eigenvalue weighted by atomic mass is 9.99. The molecule has 2 aliphatic heterocycles. The second kappa shape index (κ2) is 13.9. The van der Waals surface area contributed by atoms with Gasteiger partial charge in [0.05, 0.1) is 17.7 Å². The third kappa shape index (κ3) is 9.04. The van der Waals surface area contributed by atoms with Crippen LogP contribution in [0.1, 0.15) is 51.1 Å². The molecule has 43 heavy (non-hydrogen) atoms. The minimum atomic E-state index is -4.46. The zero-order chi connectivity index (χ0) is 31.2. The Kier molecular flexibility index (Phi) is 10.5. The van der Waals surface area contributed by atoms with E-state index in [-0.39, 0.29) is 42.0 Å². The molecule has 0 radical (unpaired) electrons. The largest absolute Gasteiger partial charge is 0.492 e. The van der Waals surface area contributed by atoms with Gasteiger partial charge in [-0.2, -0.15) is 13.2 Å². The molecule has 1 unspecified atom stereocenters. The Morgan fingerprint density at radius 2 is 1.81 bits per heavy atom. The van der Waals surface area contributed by atoms with Crippen molar-refractivity contribution in [3.05, 3.63) is 76.7 Å². The molecule has 234 valence electrons. The van der Waals surface area contributed by atoms with Crippen molar-refractivity contribution < 1.29 is 35.9 Å². The number of hydrogen-bond acceptors (Lipinski definition) is 6. The van der Waals surface area contributed by atoms with Crippen LogP contribution < -0.4 is 14.8 Å². The van der Waals surface area contributed by atoms with Crippen LogP contribution in [0.5, 0.6) is 5.75 Å². The number of likely N-dealkylation sites (tertiary alicyclic amines) is 2. The van der Waals surface area contributed by atoms with E-state index in [0.717, 1.165) is 43.5 Å². The molecule has 4 rings (SSSR count). The van der Waals surface area contributed by atoms with Gasteiger partial charge in [-0.25, -0.2) is 13.1 Å². The van der Waals surface area contributed by atoms with Crippen molar-refractivity contribution in [3.63, 3.8) is 0 Å². The first-order chi connectivity index (χ1) is 20.3. The Balaban J connectivity index is 1.47. The van der Waals surface area contributed by atoms with Crippen molar-refractivity contribution in [2.45, 2.75) is 32.0 Å². The van der Waals surface area contributed by atoms with Crippen molar-refractivity contribution >= 4 is 21.8 Å². The van der Waals surface area contributed by atoms with E-state index in [1.165, 1.54) is 18.2 Å². The van der Waals surface area contributed by atoms with Gasteiger partial charge in [0, 0.05) is 49.6 Å². The van der Waals surface area contributed by atoms with Gasteiger partial charge in [-0.1, -0.05) is 18.7 Å². The number of alkyl halides is 3. The second-order valence-electron chi connectivity index (χ2n) is 11.1. The minimum absolute atomic E-state index is 0.0174. The maximum absolute atomic E-state index is 13.4. The molecule has 0 spiro atoms. The summed E-state index contributed by atoms with van der Waals surface area (Å²) in [7, 11) is -1.52. The fourth-order valence-electron chi connectivity index (χ4n) is 5.33. The number of nitrogens with one attached hydrogen (secondary N) is 2. The molecule has 9 nitrogen and oxygen atoms in total. The maximum Gasteiger partial charge on any atom is 0.416 e. The normalized spacial score (nSPS) is 19.7. The summed E-state index contributed by atoms with van der Waals surface area (Å²) >= 11 is 0. The number of halogens is 3. The van der Waals surface area contributed by atoms with Crippen molar-refractivity contribution in [2.24, 2.45) is 11.8 Å². The molecule has 13 heteroatoms. The van der Waals surface area contributed by atoms with E-state index in [2.05, 4.69) is 21.5 Å². The van der Waals surface area contributed by atoms with E-state index < -0.39 is 27.7 Å². The molecular weight excluding hydrogens is 585 g/mol. The third-order valence-corrected chi connectivity index (χ3v) is 8.78. The van der Waals surface area contributed by atoms with E-state index in [1.54, 1.807) is 17.0 Å². The lowest BCUT2D eigenvalue weighted by Gasteiger charge is -2.29. The first-order valence-electron chi connectivity index (χ1n) is 14.2. The lowest BCUT2D eigenvalue weighted by Crippen LogP contribution is -2.35. The summed E-state index contributed by atoms with van der Waals surface area (Å²) in [6.07, 6.45) is -1.80. The summed E-state index contributed by atoms with van der Waals surface area (Å²) in [4.78, 5) is 30.6. The summed E-state index contributed by atoms with van der Waals surface area (Å²) < 4.78 is 70.7. The van der Waals surface area contributed by atoms with Gasteiger partial charge in [-0.3, -0.25) is 9.59 Å². The van der Waals surface area contributed by atoms with E-state index in [1.807, 2.05) is 7.05 Å². The average molecular weight is 623 g/mol. The summed E-state index contributed by atoms with van der Waals surface area (Å²) in [6.45, 7) is 6.49. The van der Waals surface area contributed by atoms with E-state index in [4.69, 9.17) is 4.74 Å². The highest BCUT2D eigenvalue weighted by Gasteiger charge is 2.30. The zero-order valence-electron chi connectivity index (χ0n) is 24.0. The van der Waals surface area contributed by atoms with Crippen LogP contribution in [-0.4, -0.2) is 76.4 Å². The topological polar surface area (TPSA) is 108 Å². The average Bonchev–Trinajstić information content (AvgIpc) is 3.46. The zero-order valence-corrected chi connectivity index (χ0v) is 24.8. The summed E-state index contributed by atoms with van der Waals surface area (Å²) in [6, 6.07) is 9.20. The Morgan fingerprint density at radius 3 is 2.49 bits per heavy atom. The number of carbonyl (C=O) groups excluding carboxylic acids is 2. The molecule has 0 saturated carbocycles. The quantitative estimate of drug-likeness (QED) is 0.394. The SMILES string of the molecule is C=CS(=O)(=O)NC[C@@H]1CCN(C(=O)c2ccc(OCC3CCCN(C)C3)c(C(=O)NCc3ccc(C(F)(F)F)cc3)c2)C1. The number of nitrogens with zero attached hydrogens (tertiary/aromatic N) is 2. The van der Waals surface area contributed by atoms with Crippen LogP contribution in [-0.2, 0) is 22.7 Å². The van der Waals surface area contributed by atoms with Crippen LogP contribution in [0, 0.1) is 11.8 Å². The van der Waals surface area contributed by atoms with Gasteiger partial charge in [0.15, 0.2) is 0 Å². The van der Waals surface area contributed by atoms with Gasteiger partial charge in [0.2, 0.25) is 10.0 Å². The van der Waals surface area contributed by atoms with Gasteiger partial charge < -0.3 is 19.9 Å². The maximum atomic E-state index is 13.4. The first-order valence-corrected chi connectivity index (χ1v) is 15.7. The fourth-order valence-corrected chi connectivity index (χ4v) is 5.92. The van der Waals surface area contributed by atoms with Crippen LogP contribution in [0.4, 0.5) is 13.2 Å². The molecule has 2 amide bonds. The predicted molar refractivity (Wildman–Crippen MR) is 156 cm³/mol. The van der Waals surface area contributed by atoms with E-state index in [0.29, 0.717) is 37.4 Å². The van der Waals surface area contributed by atoms with Crippen LogP contribution in [0.25, 0.3) is 0 Å². The molecule has 2 atom stereocenters. The molecule has 0 bridgehead atoms. The smallest absolute Gasteiger partial charge is 0.416 e. The highest BCUT2D eigenvalue weighted by atomic mass is 32.2. The van der Waals surface area contributed by atoms with E-state index in [9.17, 15) is 31.2 Å². The van der Waals surface area contributed by atoms with Gasteiger partial charge >= 0.3 is 6.18 Å². The number of sulfonamides is 1. The standard InChI is InChI=1S/C30H37F3N4O5S/c1-3-43(40,41)35-17-22-12-14-37(19-22)29(39)24-8-11-27(42-20-23-5-4-13-36(2)18-23)26(15-24)28(38)34-16-21-6-9-25(10-7-21)30(31,32)33/h3,6-11,15,22-23,35H,1,4-5,12-14,16-20H2,2H3,(H,34,38)/t22-,23?/m0/s1. The number of benzene rings is 2. The Hall–Kier alpha value is -3.42. The van der Waals surface area contributed by atoms with Crippen molar-refractivity contribution in [1.82, 2.24) is 19.8 Å². The first kappa shape index (κ1) is 32.5. The Morgan fingerprint density at radius 1 is 1.07 bits per heavy atom. The molecule has 0 aliphatic carbocycles. The predicted octanol–water partition coefficient (Wildman–Crippen LogP) is 3.88. The number of ether oxygens (including phenoxy) is 1. The summed E-state index contributed by atoms with van der Waals surface area (Å²) in [5.41, 5.74) is 0.129. The van der Waals surface area contributed by atoms with Crippen molar-refractivity contribution in [2.75, 3.05) is 46.4 Å². The van der Waals surface area contributed by atoms with Crippen molar-refractivity contribution in [3.8, 4) is 5.75 Å². The monoisotopic (exact) mass is 622 g/mol. The Bertz CT molecular complexity index is 1420. The van der Waals surface area contributed by atoms with Gasteiger partial charge in [-0.05, 0) is 74.7 Å². The highest BCUT2D eigenvalue weighted by Crippen LogP contribution is 2.29. The summed E-state index contributed by atoms with van der Waals surface area (Å²) in [5, 5.41) is 3.57. The summed E-state index contributed by atoms with van der Waals surface area (Å²) in [5.74, 6) is -0.299. The number of hydrogen-bond donors (Lipinski definition) is 2. The minimum Gasteiger partial charge on any atom is -0.492 e. The molecule has 2 N–H and O–H groups in total. The fraction of sp³-hybridized carbons (Fsp3) is 0.467. The second-order valence-corrected chi connectivity index (χ2v) is 12.8. The number of amides is 2. The molecule has 2 heterocycles. The van der Waals surface area contributed by atoms with Crippen LogP contribution in [0.2, 0.25) is 0 Å². The van der Waals surface area contributed by atoms with Gasteiger partial charge in [-0.15, -0.1) is 0 Å². The van der Waals surface area contributed by atoms with E-state index >= 15 is 0 Å². The molecule has 2 aromatic carbocycles. The lowest BCUT2D eigenvalue weighted by molar-refractivity contribution is -0.137. The highest BCUT2D eigenvalue weighted by molar-refractivity contribution is 7.92.